The van der Waals surface area contributed by atoms with Crippen LogP contribution in [0.2, 0.25) is 0 Å². The summed E-state index contributed by atoms with van der Waals surface area (Å²) in [6.07, 6.45) is 8.84. The van der Waals surface area contributed by atoms with Crippen LogP contribution in [0.3, 0.4) is 0 Å². The van der Waals surface area contributed by atoms with Crippen molar-refractivity contribution >= 4 is 0 Å². The van der Waals surface area contributed by atoms with E-state index in [2.05, 4.69) is 16.3 Å². The molecule has 0 N–H and O–H groups in total. The van der Waals surface area contributed by atoms with Gasteiger partial charge in [-0.25, -0.2) is 9.97 Å². The lowest BCUT2D eigenvalue weighted by Gasteiger charge is -1.89. The summed E-state index contributed by atoms with van der Waals surface area (Å²) in [7, 11) is 0. The second-order valence-electron chi connectivity index (χ2n) is 2.39. The molecular weight excluding hydrogens is 112 g/mol. The van der Waals surface area contributed by atoms with Crippen LogP contribution in [-0.2, 0) is 0 Å². The molecule has 0 spiro atoms. The van der Waals surface area contributed by atoms with Crippen molar-refractivity contribution in [3.8, 4) is 0 Å². The number of hydrogen-bond donors (Lipinski definition) is 0. The Morgan fingerprint density at radius 1 is 1.33 bits per heavy atom. The Kier molecular flexibility index (Phi) is 0.979. The summed E-state index contributed by atoms with van der Waals surface area (Å²) in [5.41, 5.74) is 1.27. The molecule has 9 heavy (non-hydrogen) atoms. The average Bonchev–Trinajstić information content (AvgIpc) is 2.71. The molecule has 0 unspecified atom stereocenters. The van der Waals surface area contributed by atoms with Gasteiger partial charge in [0.05, 0.1) is 0 Å². The molecule has 0 bridgehead atoms. The van der Waals surface area contributed by atoms with Crippen LogP contribution >= 0.6 is 0 Å². The molecule has 1 fully saturated rings. The smallest absolute Gasteiger partial charge is 0.197 e. The topological polar surface area (TPSA) is 25.8 Å². The van der Waals surface area contributed by atoms with E-state index in [1.807, 2.05) is 12.4 Å². The van der Waals surface area contributed by atoms with Crippen LogP contribution in [0.5, 0.6) is 0 Å². The monoisotopic (exact) mass is 119 g/mol. The Morgan fingerprint density at radius 2 is 2.00 bits per heavy atom. The highest BCUT2D eigenvalue weighted by Crippen LogP contribution is 2.38. The summed E-state index contributed by atoms with van der Waals surface area (Å²) in [4.78, 5) is 7.62. The third-order valence-electron chi connectivity index (χ3n) is 1.59. The summed E-state index contributed by atoms with van der Waals surface area (Å²) in [5, 5.41) is 0. The minimum Gasteiger partial charge on any atom is -0.233 e. The second-order valence-corrected chi connectivity index (χ2v) is 2.39. The highest BCUT2D eigenvalue weighted by molar-refractivity contribution is 5.15. The molecule has 1 saturated carbocycles. The van der Waals surface area contributed by atoms with E-state index in [9.17, 15) is 0 Å². The van der Waals surface area contributed by atoms with E-state index in [1.54, 1.807) is 0 Å². The van der Waals surface area contributed by atoms with Crippen molar-refractivity contribution in [1.29, 1.82) is 0 Å². The highest BCUT2D eigenvalue weighted by Gasteiger charge is 2.23. The van der Waals surface area contributed by atoms with Crippen LogP contribution in [0, 0.1) is 6.33 Å². The summed E-state index contributed by atoms with van der Waals surface area (Å²) in [6, 6.07) is 0. The first kappa shape index (κ1) is 4.91. The Bertz CT molecular complexity index is 191. The zero-order chi connectivity index (χ0) is 6.10. The number of nitrogens with zero attached hydrogens (tertiary/aromatic N) is 2. The van der Waals surface area contributed by atoms with E-state index >= 15 is 0 Å². The summed E-state index contributed by atoms with van der Waals surface area (Å²) in [5.74, 6) is 0.764. The van der Waals surface area contributed by atoms with E-state index in [0.29, 0.717) is 0 Å². The van der Waals surface area contributed by atoms with Gasteiger partial charge in [0.15, 0.2) is 6.33 Å². The van der Waals surface area contributed by atoms with Crippen LogP contribution in [0.4, 0.5) is 0 Å². The minimum absolute atomic E-state index is 0.764. The van der Waals surface area contributed by atoms with Gasteiger partial charge >= 0.3 is 0 Å². The molecule has 2 nitrogen and oxygen atoms in total. The predicted octanol–water partition coefficient (Wildman–Crippen LogP) is 1.15. The lowest BCUT2D eigenvalue weighted by Crippen LogP contribution is -1.82. The van der Waals surface area contributed by atoms with Gasteiger partial charge in [0.2, 0.25) is 0 Å². The Morgan fingerprint density at radius 3 is 2.56 bits per heavy atom. The van der Waals surface area contributed by atoms with Crippen LogP contribution in [0.1, 0.15) is 24.3 Å². The van der Waals surface area contributed by atoms with Gasteiger partial charge in [0, 0.05) is 12.4 Å². The lowest BCUT2D eigenvalue weighted by molar-refractivity contribution is 1.03. The third kappa shape index (κ3) is 0.922. The predicted molar refractivity (Wildman–Crippen MR) is 32.8 cm³/mol. The first-order chi connectivity index (χ1) is 4.47. The summed E-state index contributed by atoms with van der Waals surface area (Å²) < 4.78 is 0. The second kappa shape index (κ2) is 1.79. The maximum atomic E-state index is 3.81. The molecule has 2 rings (SSSR count). The number of aromatic nitrogens is 2. The fourth-order valence-corrected chi connectivity index (χ4v) is 0.901. The SMILES string of the molecule is [c]1ncc(C2CC2)cn1. The molecule has 0 aromatic carbocycles. The van der Waals surface area contributed by atoms with Crippen molar-refractivity contribution in [1.82, 2.24) is 9.97 Å². The molecule has 45 valence electrons. The molecule has 0 aliphatic heterocycles. The molecule has 0 amide bonds. The molecule has 1 aromatic rings. The van der Waals surface area contributed by atoms with Gasteiger partial charge in [0.25, 0.3) is 0 Å². The van der Waals surface area contributed by atoms with E-state index in [4.69, 9.17) is 0 Å². The van der Waals surface area contributed by atoms with Gasteiger partial charge in [-0.15, -0.1) is 0 Å². The fraction of sp³-hybridized carbons (Fsp3) is 0.429. The first-order valence-corrected chi connectivity index (χ1v) is 3.15. The van der Waals surface area contributed by atoms with Gasteiger partial charge < -0.3 is 0 Å². The van der Waals surface area contributed by atoms with Crippen molar-refractivity contribution in [2.75, 3.05) is 0 Å². The van der Waals surface area contributed by atoms with Crippen molar-refractivity contribution in [3.05, 3.63) is 24.3 Å². The van der Waals surface area contributed by atoms with E-state index in [1.165, 1.54) is 18.4 Å². The zero-order valence-corrected chi connectivity index (χ0v) is 5.04. The fourth-order valence-electron chi connectivity index (χ4n) is 0.901. The van der Waals surface area contributed by atoms with Crippen molar-refractivity contribution in [2.24, 2.45) is 0 Å². The van der Waals surface area contributed by atoms with Crippen LogP contribution in [-0.4, -0.2) is 9.97 Å². The average molecular weight is 119 g/mol. The Balaban J connectivity index is 2.29. The Labute approximate surface area is 54.0 Å². The molecule has 1 aliphatic rings. The molecular formula is C7H7N2. The van der Waals surface area contributed by atoms with Gasteiger partial charge in [-0.2, -0.15) is 0 Å². The van der Waals surface area contributed by atoms with Crippen LogP contribution in [0.25, 0.3) is 0 Å². The van der Waals surface area contributed by atoms with Crippen molar-refractivity contribution < 1.29 is 0 Å². The highest BCUT2D eigenvalue weighted by atomic mass is 14.8. The van der Waals surface area contributed by atoms with E-state index in [0.717, 1.165) is 5.92 Å². The molecule has 0 saturated heterocycles. The minimum atomic E-state index is 0.764. The van der Waals surface area contributed by atoms with E-state index < -0.39 is 0 Å². The lowest BCUT2D eigenvalue weighted by atomic mass is 10.2. The van der Waals surface area contributed by atoms with Gasteiger partial charge in [-0.3, -0.25) is 0 Å². The molecule has 2 heteroatoms. The maximum absolute atomic E-state index is 3.81. The van der Waals surface area contributed by atoms with Crippen LogP contribution < -0.4 is 0 Å². The molecule has 0 atom stereocenters. The summed E-state index contributed by atoms with van der Waals surface area (Å²) >= 11 is 0. The number of rotatable bonds is 1. The third-order valence-corrected chi connectivity index (χ3v) is 1.59. The summed E-state index contributed by atoms with van der Waals surface area (Å²) in [6.45, 7) is 0. The molecule has 1 heterocycles. The molecule has 1 aromatic heterocycles. The first-order valence-electron chi connectivity index (χ1n) is 3.15. The molecule has 1 radical (unpaired) electrons. The van der Waals surface area contributed by atoms with E-state index in [-0.39, 0.29) is 0 Å². The quantitative estimate of drug-likeness (QED) is 0.554. The van der Waals surface area contributed by atoms with Gasteiger partial charge in [-0.05, 0) is 24.3 Å². The Hall–Kier alpha value is -0.920. The van der Waals surface area contributed by atoms with Crippen LogP contribution in [0.15, 0.2) is 12.4 Å². The maximum Gasteiger partial charge on any atom is 0.197 e. The van der Waals surface area contributed by atoms with Gasteiger partial charge in [-0.1, -0.05) is 0 Å². The van der Waals surface area contributed by atoms with Gasteiger partial charge in [0.1, 0.15) is 0 Å². The largest absolute Gasteiger partial charge is 0.233 e. The normalized spacial score (nSPS) is 17.8. The van der Waals surface area contributed by atoms with Crippen molar-refractivity contribution in [2.45, 2.75) is 18.8 Å². The zero-order valence-electron chi connectivity index (χ0n) is 5.04. The standard InChI is InChI=1S/C7H7N2/c1-2-6(1)7-3-8-5-9-4-7/h3-4,6H,1-2H2. The van der Waals surface area contributed by atoms with Crippen molar-refractivity contribution in [3.63, 3.8) is 0 Å². The molecule has 1 aliphatic carbocycles. The number of hydrogen-bond acceptors (Lipinski definition) is 2.